The molecule has 1 saturated heterocycles. The Bertz CT molecular complexity index is 580. The van der Waals surface area contributed by atoms with Gasteiger partial charge in [0.15, 0.2) is 12.3 Å². The third-order valence-electron chi connectivity index (χ3n) is 4.64. The first kappa shape index (κ1) is 18.1. The van der Waals surface area contributed by atoms with Gasteiger partial charge >= 0.3 is 5.54 Å². The van der Waals surface area contributed by atoms with Crippen molar-refractivity contribution in [1.29, 1.82) is 0 Å². The first-order valence-corrected chi connectivity index (χ1v) is 7.52. The van der Waals surface area contributed by atoms with Gasteiger partial charge in [-0.25, -0.2) is 0 Å². The quantitative estimate of drug-likeness (QED) is 0.342. The molecule has 3 atom stereocenters. The van der Waals surface area contributed by atoms with Crippen LogP contribution >= 0.6 is 0 Å². The minimum atomic E-state index is -1.79. The lowest BCUT2D eigenvalue weighted by atomic mass is 9.71. The highest BCUT2D eigenvalue weighted by Gasteiger charge is 2.69. The molecule has 1 aliphatic heterocycles. The number of hydrogen-bond acceptors (Lipinski definition) is 8. The molecule has 0 aromatic heterocycles. The summed E-state index contributed by atoms with van der Waals surface area (Å²) in [7, 11) is 0. The second-order valence-electron chi connectivity index (χ2n) is 6.27. The summed E-state index contributed by atoms with van der Waals surface area (Å²) < 4.78 is 5.29. The van der Waals surface area contributed by atoms with Gasteiger partial charge in [-0.2, -0.15) is 0 Å². The van der Waals surface area contributed by atoms with Crippen molar-refractivity contribution in [1.82, 2.24) is 0 Å². The van der Waals surface area contributed by atoms with Crippen molar-refractivity contribution in [2.45, 2.75) is 30.3 Å². The number of nitro groups is 2. The molecule has 2 rings (SSSR count). The predicted octanol–water partition coefficient (Wildman–Crippen LogP) is -3.26. The van der Waals surface area contributed by atoms with Crippen LogP contribution in [0.5, 0.6) is 0 Å². The largest absolute Gasteiger partial charge is 0.550 e. The van der Waals surface area contributed by atoms with Crippen LogP contribution in [0.2, 0.25) is 0 Å². The van der Waals surface area contributed by atoms with E-state index in [0.29, 0.717) is 4.90 Å². The molecule has 0 saturated carbocycles. The van der Waals surface area contributed by atoms with Gasteiger partial charge in [-0.1, -0.05) is 0 Å². The number of likely N-dealkylation sites (tertiary alicyclic amines) is 1. The van der Waals surface area contributed by atoms with Crippen LogP contribution in [0.25, 0.3) is 0 Å². The Kier molecular flexibility index (Phi) is 5.04. The molecule has 11 nitrogen and oxygen atoms in total. The number of carbonyl (C=O) groups excluding carboxylic acids is 1. The molecule has 1 fully saturated rings. The van der Waals surface area contributed by atoms with Gasteiger partial charge in [0.1, 0.15) is 19.6 Å². The van der Waals surface area contributed by atoms with Crippen molar-refractivity contribution in [2.75, 3.05) is 32.8 Å². The number of nitrogens with one attached hydrogen (secondary N) is 1. The Hall–Kier alpha value is -2.27. The van der Waals surface area contributed by atoms with Gasteiger partial charge in [-0.05, 0) is 6.08 Å². The van der Waals surface area contributed by atoms with Crippen molar-refractivity contribution < 1.29 is 34.5 Å². The van der Waals surface area contributed by atoms with Gasteiger partial charge < -0.3 is 24.6 Å². The molecule has 2 N–H and O–H groups in total. The summed E-state index contributed by atoms with van der Waals surface area (Å²) in [5.41, 5.74) is -3.32. The van der Waals surface area contributed by atoms with Crippen LogP contribution < -0.4 is 10.0 Å². The number of fused-ring (bicyclic) bond motifs is 2. The molecular formula is C13H19N3O8. The standard InChI is InChI=1S/C13H19N3O8/c17-5-6-24-10-1-3-12(15(20)21)7-13(10,16(22)23)9-14(8-12)4-2-11(18)19/h1,17H,2-9H2,(H,18,19). The summed E-state index contributed by atoms with van der Waals surface area (Å²) in [4.78, 5) is 33.4. The van der Waals surface area contributed by atoms with Crippen LogP contribution in [-0.4, -0.2) is 64.8 Å². The highest BCUT2D eigenvalue weighted by molar-refractivity contribution is 5.64. The molecule has 24 heavy (non-hydrogen) atoms. The minimum Gasteiger partial charge on any atom is -0.550 e. The SMILES string of the molecule is O=C([O-])CC[NH+]1CC2([N+](=O)[O-])CC=C(OCCO)C([N+](=O)[O-])(C1)C2. The first-order chi connectivity index (χ1) is 11.3. The third-order valence-corrected chi connectivity index (χ3v) is 4.64. The number of nitrogens with zero attached hydrogens (tertiary/aromatic N) is 2. The lowest BCUT2D eigenvalue weighted by molar-refractivity contribution is -0.943. The summed E-state index contributed by atoms with van der Waals surface area (Å²) in [5, 5.41) is 42.9. The zero-order chi connectivity index (χ0) is 18.0. The summed E-state index contributed by atoms with van der Waals surface area (Å²) >= 11 is 0. The number of quaternary nitrogens is 1. The monoisotopic (exact) mass is 345 g/mol. The van der Waals surface area contributed by atoms with E-state index in [1.807, 2.05) is 0 Å². The summed E-state index contributed by atoms with van der Waals surface area (Å²) in [6.07, 6.45) is 0.672. The molecule has 0 amide bonds. The van der Waals surface area contributed by atoms with Gasteiger partial charge in [0.2, 0.25) is 0 Å². The number of carboxylic acids is 1. The first-order valence-electron chi connectivity index (χ1n) is 7.52. The molecule has 11 heteroatoms. The summed E-state index contributed by atoms with van der Waals surface area (Å²) in [6, 6.07) is 0. The Labute approximate surface area is 136 Å². The molecule has 0 radical (unpaired) electrons. The lowest BCUT2D eigenvalue weighted by Crippen LogP contribution is -3.18. The van der Waals surface area contributed by atoms with Crippen LogP contribution in [-0.2, 0) is 9.53 Å². The normalized spacial score (nSPS) is 31.9. The number of carbonyl (C=O) groups is 1. The van der Waals surface area contributed by atoms with Gasteiger partial charge in [0.05, 0.1) is 13.2 Å². The number of aliphatic hydroxyl groups excluding tert-OH is 1. The van der Waals surface area contributed by atoms with E-state index in [4.69, 9.17) is 9.84 Å². The minimum absolute atomic E-state index is 0.000787. The molecule has 134 valence electrons. The smallest absolute Gasteiger partial charge is 0.331 e. The Morgan fingerprint density at radius 3 is 2.58 bits per heavy atom. The summed E-state index contributed by atoms with van der Waals surface area (Å²) in [6.45, 7) is -0.596. The number of aliphatic carboxylic acids is 1. The molecule has 3 unspecified atom stereocenters. The van der Waals surface area contributed by atoms with Crippen LogP contribution in [0, 0.1) is 20.2 Å². The van der Waals surface area contributed by atoms with E-state index in [2.05, 4.69) is 0 Å². The van der Waals surface area contributed by atoms with Crippen molar-refractivity contribution in [3.05, 3.63) is 32.1 Å². The fourth-order valence-electron chi connectivity index (χ4n) is 3.63. The van der Waals surface area contributed by atoms with E-state index in [0.717, 1.165) is 0 Å². The van der Waals surface area contributed by atoms with Crippen molar-refractivity contribution in [3.63, 3.8) is 0 Å². The van der Waals surface area contributed by atoms with Gasteiger partial charge in [-0.3, -0.25) is 20.2 Å². The average molecular weight is 345 g/mol. The maximum atomic E-state index is 11.8. The number of piperidine rings is 1. The van der Waals surface area contributed by atoms with E-state index in [1.54, 1.807) is 0 Å². The zero-order valence-corrected chi connectivity index (χ0v) is 12.9. The van der Waals surface area contributed by atoms with E-state index in [-0.39, 0.29) is 57.9 Å². The van der Waals surface area contributed by atoms with Crippen LogP contribution in [0.1, 0.15) is 19.3 Å². The Morgan fingerprint density at radius 2 is 2.04 bits per heavy atom. The van der Waals surface area contributed by atoms with Crippen LogP contribution in [0.4, 0.5) is 0 Å². The Balaban J connectivity index is 2.38. The highest BCUT2D eigenvalue weighted by atomic mass is 16.6. The van der Waals surface area contributed by atoms with Crippen molar-refractivity contribution in [3.8, 4) is 0 Å². The molecule has 1 heterocycles. The molecule has 0 aromatic rings. The fourth-order valence-corrected chi connectivity index (χ4v) is 3.63. The highest BCUT2D eigenvalue weighted by Crippen LogP contribution is 2.40. The van der Waals surface area contributed by atoms with Crippen molar-refractivity contribution >= 4 is 5.97 Å². The Morgan fingerprint density at radius 1 is 1.33 bits per heavy atom. The number of aliphatic hydroxyl groups is 1. The molecule has 0 aromatic carbocycles. The van der Waals surface area contributed by atoms with Crippen molar-refractivity contribution in [2.24, 2.45) is 0 Å². The zero-order valence-electron chi connectivity index (χ0n) is 12.9. The van der Waals surface area contributed by atoms with E-state index < -0.39 is 26.9 Å². The lowest BCUT2D eigenvalue weighted by Gasteiger charge is -2.43. The average Bonchev–Trinajstić information content (AvgIpc) is 2.51. The number of ether oxygens (including phenoxy) is 1. The number of hydrogen-bond donors (Lipinski definition) is 2. The predicted molar refractivity (Wildman–Crippen MR) is 75.0 cm³/mol. The van der Waals surface area contributed by atoms with E-state index in [9.17, 15) is 30.1 Å². The number of carboxylic acid groups (broad SMARTS) is 1. The van der Waals surface area contributed by atoms with Crippen LogP contribution in [0.3, 0.4) is 0 Å². The molecular weight excluding hydrogens is 326 g/mol. The maximum Gasteiger partial charge on any atom is 0.331 e. The molecule has 2 bridgehead atoms. The fraction of sp³-hybridized carbons (Fsp3) is 0.769. The number of rotatable bonds is 8. The second kappa shape index (κ2) is 6.69. The molecule has 1 aliphatic carbocycles. The van der Waals surface area contributed by atoms with Crippen LogP contribution in [0.15, 0.2) is 11.8 Å². The van der Waals surface area contributed by atoms with E-state index in [1.165, 1.54) is 6.08 Å². The van der Waals surface area contributed by atoms with Gasteiger partial charge in [0, 0.05) is 28.7 Å². The maximum absolute atomic E-state index is 11.8. The van der Waals surface area contributed by atoms with Gasteiger partial charge in [-0.15, -0.1) is 0 Å². The van der Waals surface area contributed by atoms with Gasteiger partial charge in [0.25, 0.3) is 5.54 Å². The molecule has 2 aliphatic rings. The third kappa shape index (κ3) is 3.17. The topological polar surface area (TPSA) is 160 Å². The molecule has 0 spiro atoms. The van der Waals surface area contributed by atoms with E-state index >= 15 is 0 Å². The summed E-state index contributed by atoms with van der Waals surface area (Å²) in [5.74, 6) is -1.31. The second-order valence-corrected chi connectivity index (χ2v) is 6.27.